The molecule has 0 spiro atoms. The van der Waals surface area contributed by atoms with Crippen molar-refractivity contribution in [1.29, 1.82) is 0 Å². The molecule has 0 unspecified atom stereocenters. The van der Waals surface area contributed by atoms with Gasteiger partial charge in [0.2, 0.25) is 0 Å². The van der Waals surface area contributed by atoms with Crippen LogP contribution in [0.2, 0.25) is 0 Å². The molecule has 1 aromatic rings. The number of aromatic nitrogens is 2. The number of rotatable bonds is 6. The summed E-state index contributed by atoms with van der Waals surface area (Å²) in [6.07, 6.45) is 3.63. The van der Waals surface area contributed by atoms with Crippen LogP contribution in [-0.2, 0) is 0 Å². The predicted octanol–water partition coefficient (Wildman–Crippen LogP) is 0.940. The molecule has 0 aromatic carbocycles. The highest BCUT2D eigenvalue weighted by Gasteiger charge is 2.12. The van der Waals surface area contributed by atoms with E-state index in [2.05, 4.69) is 21.8 Å². The number of hydrogen-bond acceptors (Lipinski definition) is 4. The van der Waals surface area contributed by atoms with Gasteiger partial charge in [-0.15, -0.1) is 0 Å². The second-order valence-electron chi connectivity index (χ2n) is 3.50. The van der Waals surface area contributed by atoms with Crippen LogP contribution >= 0.6 is 22.6 Å². The highest BCUT2D eigenvalue weighted by molar-refractivity contribution is 14.1. The Morgan fingerprint density at radius 3 is 2.94 bits per heavy atom. The van der Waals surface area contributed by atoms with Gasteiger partial charge in [0.1, 0.15) is 9.39 Å². The SMILES string of the molecule is CCCCN(CCN)c1nc[nH]c(=O)c1I. The van der Waals surface area contributed by atoms with E-state index in [4.69, 9.17) is 5.73 Å². The minimum absolute atomic E-state index is 0.0934. The standard InChI is InChI=1S/C10H17IN4O/c1-2-3-5-15(6-4-12)9-8(11)10(16)14-7-13-9/h7H,2-6,12H2,1H3,(H,13,14,16). The zero-order chi connectivity index (χ0) is 12.0. The second kappa shape index (κ2) is 6.85. The van der Waals surface area contributed by atoms with Gasteiger partial charge in [-0.1, -0.05) is 13.3 Å². The molecule has 1 rings (SSSR count). The Balaban J connectivity index is 2.91. The van der Waals surface area contributed by atoms with Crippen molar-refractivity contribution in [2.75, 3.05) is 24.5 Å². The van der Waals surface area contributed by atoms with Gasteiger partial charge in [-0.3, -0.25) is 4.79 Å². The second-order valence-corrected chi connectivity index (χ2v) is 4.58. The van der Waals surface area contributed by atoms with Crippen molar-refractivity contribution >= 4 is 28.4 Å². The fraction of sp³-hybridized carbons (Fsp3) is 0.600. The molecule has 3 N–H and O–H groups in total. The van der Waals surface area contributed by atoms with Crippen LogP contribution in [0.15, 0.2) is 11.1 Å². The van der Waals surface area contributed by atoms with E-state index in [0.29, 0.717) is 10.1 Å². The average Bonchev–Trinajstić information content (AvgIpc) is 2.28. The van der Waals surface area contributed by atoms with Gasteiger partial charge >= 0.3 is 0 Å². The summed E-state index contributed by atoms with van der Waals surface area (Å²) < 4.78 is 0.629. The summed E-state index contributed by atoms with van der Waals surface area (Å²) in [4.78, 5) is 20.3. The molecule has 16 heavy (non-hydrogen) atoms. The number of unbranched alkanes of at least 4 members (excludes halogenated alkanes) is 1. The maximum absolute atomic E-state index is 11.5. The van der Waals surface area contributed by atoms with Crippen molar-refractivity contribution in [3.63, 3.8) is 0 Å². The number of nitrogens with one attached hydrogen (secondary N) is 1. The first-order valence-corrected chi connectivity index (χ1v) is 6.46. The Bertz CT molecular complexity index is 379. The number of H-pyrrole nitrogens is 1. The lowest BCUT2D eigenvalue weighted by Crippen LogP contribution is -2.33. The third kappa shape index (κ3) is 3.44. The van der Waals surface area contributed by atoms with Gasteiger partial charge in [-0.2, -0.15) is 0 Å². The molecule has 0 bridgehead atoms. The summed E-state index contributed by atoms with van der Waals surface area (Å²) in [6, 6.07) is 0. The van der Waals surface area contributed by atoms with Crippen LogP contribution < -0.4 is 16.2 Å². The van der Waals surface area contributed by atoms with E-state index in [-0.39, 0.29) is 5.56 Å². The first-order chi connectivity index (χ1) is 7.70. The van der Waals surface area contributed by atoms with Crippen molar-refractivity contribution in [1.82, 2.24) is 9.97 Å². The average molecular weight is 336 g/mol. The predicted molar refractivity (Wildman–Crippen MR) is 73.8 cm³/mol. The van der Waals surface area contributed by atoms with Gasteiger partial charge in [0.25, 0.3) is 5.56 Å². The Kier molecular flexibility index (Phi) is 5.75. The highest BCUT2D eigenvalue weighted by atomic mass is 127. The first kappa shape index (κ1) is 13.4. The Hall–Kier alpha value is -0.630. The smallest absolute Gasteiger partial charge is 0.266 e. The number of aromatic amines is 1. The molecule has 6 heteroatoms. The minimum Gasteiger partial charge on any atom is -0.354 e. The van der Waals surface area contributed by atoms with Crippen LogP contribution in [0.3, 0.4) is 0 Å². The van der Waals surface area contributed by atoms with Gasteiger partial charge in [0.05, 0.1) is 6.33 Å². The summed E-state index contributed by atoms with van der Waals surface area (Å²) in [5.74, 6) is 0.739. The molecule has 0 aliphatic rings. The molecule has 0 atom stereocenters. The van der Waals surface area contributed by atoms with E-state index < -0.39 is 0 Å². The summed E-state index contributed by atoms with van der Waals surface area (Å²) in [6.45, 7) is 4.32. The lowest BCUT2D eigenvalue weighted by Gasteiger charge is -2.23. The van der Waals surface area contributed by atoms with Gasteiger partial charge in [0, 0.05) is 19.6 Å². The van der Waals surface area contributed by atoms with Crippen LogP contribution in [0.25, 0.3) is 0 Å². The number of nitrogens with zero attached hydrogens (tertiary/aromatic N) is 2. The van der Waals surface area contributed by atoms with Gasteiger partial charge in [-0.25, -0.2) is 4.98 Å². The molecule has 0 aliphatic heterocycles. The van der Waals surface area contributed by atoms with E-state index in [9.17, 15) is 4.79 Å². The Labute approximate surface area is 109 Å². The lowest BCUT2D eigenvalue weighted by molar-refractivity contribution is 0.704. The minimum atomic E-state index is -0.0934. The van der Waals surface area contributed by atoms with E-state index in [1.54, 1.807) is 0 Å². The topological polar surface area (TPSA) is 75.0 Å². The molecule has 90 valence electrons. The number of anilines is 1. The Morgan fingerprint density at radius 2 is 2.31 bits per heavy atom. The van der Waals surface area contributed by atoms with Crippen molar-refractivity contribution < 1.29 is 0 Å². The van der Waals surface area contributed by atoms with Crippen LogP contribution in [0.4, 0.5) is 5.82 Å². The Morgan fingerprint density at radius 1 is 1.56 bits per heavy atom. The van der Waals surface area contributed by atoms with Gasteiger partial charge in [-0.05, 0) is 29.0 Å². The zero-order valence-corrected chi connectivity index (χ0v) is 11.5. The molecule has 0 amide bonds. The van der Waals surface area contributed by atoms with Crippen LogP contribution in [0.1, 0.15) is 19.8 Å². The first-order valence-electron chi connectivity index (χ1n) is 5.39. The molecule has 5 nitrogen and oxygen atoms in total. The van der Waals surface area contributed by atoms with E-state index in [0.717, 1.165) is 31.7 Å². The number of halogens is 1. The monoisotopic (exact) mass is 336 g/mol. The molecule has 0 radical (unpaired) electrons. The van der Waals surface area contributed by atoms with E-state index in [1.165, 1.54) is 6.33 Å². The largest absolute Gasteiger partial charge is 0.354 e. The number of nitrogens with two attached hydrogens (primary N) is 1. The van der Waals surface area contributed by atoms with Gasteiger partial charge in [0.15, 0.2) is 0 Å². The fourth-order valence-electron chi connectivity index (χ4n) is 1.42. The normalized spacial score (nSPS) is 10.4. The quantitative estimate of drug-likeness (QED) is 0.759. The van der Waals surface area contributed by atoms with E-state index in [1.807, 2.05) is 22.6 Å². The molecule has 0 fully saturated rings. The molecular formula is C10H17IN4O. The molecule has 0 saturated heterocycles. The third-order valence-corrected chi connectivity index (χ3v) is 3.23. The summed E-state index contributed by atoms with van der Waals surface area (Å²) in [5.41, 5.74) is 5.48. The van der Waals surface area contributed by atoms with Crippen molar-refractivity contribution in [2.45, 2.75) is 19.8 Å². The third-order valence-electron chi connectivity index (χ3n) is 2.26. The highest BCUT2D eigenvalue weighted by Crippen LogP contribution is 2.15. The molecule has 1 heterocycles. The van der Waals surface area contributed by atoms with Crippen LogP contribution in [0, 0.1) is 3.57 Å². The van der Waals surface area contributed by atoms with Crippen molar-refractivity contribution in [3.8, 4) is 0 Å². The van der Waals surface area contributed by atoms with Crippen molar-refractivity contribution in [3.05, 3.63) is 20.3 Å². The van der Waals surface area contributed by atoms with Gasteiger partial charge < -0.3 is 15.6 Å². The number of hydrogen-bond donors (Lipinski definition) is 2. The van der Waals surface area contributed by atoms with E-state index >= 15 is 0 Å². The zero-order valence-electron chi connectivity index (χ0n) is 9.37. The molecular weight excluding hydrogens is 319 g/mol. The van der Waals surface area contributed by atoms with Crippen LogP contribution in [-0.4, -0.2) is 29.6 Å². The molecule has 1 aromatic heterocycles. The summed E-state index contributed by atoms with van der Waals surface area (Å²) in [5, 5.41) is 0. The van der Waals surface area contributed by atoms with Crippen molar-refractivity contribution in [2.24, 2.45) is 5.73 Å². The lowest BCUT2D eigenvalue weighted by atomic mass is 10.3. The molecule has 0 aliphatic carbocycles. The summed E-state index contributed by atoms with van der Waals surface area (Å²) >= 11 is 2.02. The van der Waals surface area contributed by atoms with Crippen LogP contribution in [0.5, 0.6) is 0 Å². The fourth-order valence-corrected chi connectivity index (χ4v) is 2.06. The molecule has 0 saturated carbocycles. The summed E-state index contributed by atoms with van der Waals surface area (Å²) in [7, 11) is 0. The maximum Gasteiger partial charge on any atom is 0.266 e. The maximum atomic E-state index is 11.5.